The van der Waals surface area contributed by atoms with Crippen LogP contribution in [0.5, 0.6) is 0 Å². The van der Waals surface area contributed by atoms with Crippen molar-refractivity contribution in [3.05, 3.63) is 74.4 Å². The van der Waals surface area contributed by atoms with Gasteiger partial charge in [-0.1, -0.05) is 29.8 Å². The van der Waals surface area contributed by atoms with Crippen LogP contribution in [-0.4, -0.2) is 12.0 Å². The molecule has 1 atom stereocenters. The molecule has 2 nitrogen and oxygen atoms in total. The first-order chi connectivity index (χ1) is 10.2. The maximum Gasteiger partial charge on any atom is 0.0705 e. The van der Waals surface area contributed by atoms with Crippen molar-refractivity contribution in [1.82, 2.24) is 10.3 Å². The molecule has 1 N–H and O–H groups in total. The van der Waals surface area contributed by atoms with E-state index in [1.165, 1.54) is 14.7 Å². The first-order valence-corrected chi connectivity index (χ1v) is 8.11. The van der Waals surface area contributed by atoms with Gasteiger partial charge in [0.05, 0.1) is 11.6 Å². The third-order valence-electron chi connectivity index (χ3n) is 3.52. The Morgan fingerprint density at radius 2 is 2.00 bits per heavy atom. The van der Waals surface area contributed by atoms with Gasteiger partial charge in [-0.25, -0.2) is 0 Å². The van der Waals surface area contributed by atoms with Crippen molar-refractivity contribution < 1.29 is 0 Å². The van der Waals surface area contributed by atoms with Crippen LogP contribution in [0.1, 0.15) is 17.2 Å². The summed E-state index contributed by atoms with van der Waals surface area (Å²) in [7, 11) is 1.96. The van der Waals surface area contributed by atoms with Gasteiger partial charge in [-0.3, -0.25) is 4.98 Å². The average Bonchev–Trinajstić information content (AvgIpc) is 2.51. The zero-order chi connectivity index (χ0) is 14.8. The van der Waals surface area contributed by atoms with E-state index >= 15 is 0 Å². The number of halogens is 2. The summed E-state index contributed by atoms with van der Waals surface area (Å²) in [6.45, 7) is 0. The Balaban J connectivity index is 2.11. The zero-order valence-corrected chi connectivity index (χ0v) is 14.4. The van der Waals surface area contributed by atoms with Crippen LogP contribution in [0.2, 0.25) is 5.02 Å². The number of pyridine rings is 1. The first kappa shape index (κ1) is 14.8. The summed E-state index contributed by atoms with van der Waals surface area (Å²) in [4.78, 5) is 4.44. The molecule has 0 aliphatic rings. The number of nitrogens with zero attached hydrogens (tertiary/aromatic N) is 1. The highest BCUT2D eigenvalue weighted by atomic mass is 127. The second-order valence-electron chi connectivity index (χ2n) is 4.84. The summed E-state index contributed by atoms with van der Waals surface area (Å²) in [5.74, 6) is 0. The number of fused-ring (bicyclic) bond motifs is 1. The third-order valence-corrected chi connectivity index (χ3v) is 4.74. The Morgan fingerprint density at radius 1 is 1.14 bits per heavy atom. The normalized spacial score (nSPS) is 12.5. The predicted octanol–water partition coefficient (Wildman–Crippen LogP) is 4.80. The lowest BCUT2D eigenvalue weighted by Gasteiger charge is -2.19. The maximum absolute atomic E-state index is 6.16. The van der Waals surface area contributed by atoms with Crippen LogP contribution in [0.15, 0.2) is 54.7 Å². The van der Waals surface area contributed by atoms with Gasteiger partial charge in [-0.2, -0.15) is 0 Å². The largest absolute Gasteiger partial charge is 0.309 e. The molecule has 4 heteroatoms. The van der Waals surface area contributed by atoms with E-state index in [0.717, 1.165) is 15.9 Å². The number of rotatable bonds is 3. The minimum Gasteiger partial charge on any atom is -0.309 e. The zero-order valence-electron chi connectivity index (χ0n) is 11.5. The number of hydrogen-bond donors (Lipinski definition) is 1. The SMILES string of the molecule is CNC(c1ccc2cccnc2c1)c1cc(Cl)ccc1I. The van der Waals surface area contributed by atoms with Gasteiger partial charge in [0.15, 0.2) is 0 Å². The second-order valence-corrected chi connectivity index (χ2v) is 6.44. The molecule has 1 unspecified atom stereocenters. The van der Waals surface area contributed by atoms with Crippen molar-refractivity contribution >= 4 is 45.1 Å². The van der Waals surface area contributed by atoms with Crippen molar-refractivity contribution in [2.24, 2.45) is 0 Å². The van der Waals surface area contributed by atoms with E-state index in [9.17, 15) is 0 Å². The van der Waals surface area contributed by atoms with E-state index < -0.39 is 0 Å². The molecule has 1 aromatic heterocycles. The maximum atomic E-state index is 6.16. The van der Waals surface area contributed by atoms with E-state index in [0.29, 0.717) is 0 Å². The second kappa shape index (κ2) is 6.30. The Bertz CT molecular complexity index is 789. The molecule has 1 heterocycles. The van der Waals surface area contributed by atoms with Gasteiger partial charge in [0, 0.05) is 20.2 Å². The van der Waals surface area contributed by atoms with E-state index in [1.807, 2.05) is 37.5 Å². The molecule has 3 aromatic rings. The van der Waals surface area contributed by atoms with E-state index in [1.54, 1.807) is 0 Å². The molecule has 106 valence electrons. The summed E-state index contributed by atoms with van der Waals surface area (Å²) >= 11 is 8.50. The van der Waals surface area contributed by atoms with Crippen LogP contribution in [0.25, 0.3) is 10.9 Å². The van der Waals surface area contributed by atoms with Gasteiger partial charge in [-0.15, -0.1) is 0 Å². The van der Waals surface area contributed by atoms with Gasteiger partial charge < -0.3 is 5.32 Å². The monoisotopic (exact) mass is 408 g/mol. The highest BCUT2D eigenvalue weighted by Gasteiger charge is 2.16. The van der Waals surface area contributed by atoms with Crippen molar-refractivity contribution in [2.75, 3.05) is 7.05 Å². The molecule has 0 aliphatic heterocycles. The summed E-state index contributed by atoms with van der Waals surface area (Å²) < 4.78 is 1.19. The highest BCUT2D eigenvalue weighted by Crippen LogP contribution is 2.29. The Morgan fingerprint density at radius 3 is 2.81 bits per heavy atom. The molecule has 0 saturated heterocycles. The van der Waals surface area contributed by atoms with E-state index in [-0.39, 0.29) is 6.04 Å². The fraction of sp³-hybridized carbons (Fsp3) is 0.118. The lowest BCUT2D eigenvalue weighted by molar-refractivity contribution is 0.689. The number of aromatic nitrogens is 1. The van der Waals surface area contributed by atoms with Crippen LogP contribution in [0, 0.1) is 3.57 Å². The quantitative estimate of drug-likeness (QED) is 0.630. The summed E-state index contributed by atoms with van der Waals surface area (Å²) in [6.07, 6.45) is 1.82. The molecule has 0 amide bonds. The topological polar surface area (TPSA) is 24.9 Å². The number of nitrogens with one attached hydrogen (secondary N) is 1. The van der Waals surface area contributed by atoms with Crippen molar-refractivity contribution in [2.45, 2.75) is 6.04 Å². The van der Waals surface area contributed by atoms with Crippen molar-refractivity contribution in [3.8, 4) is 0 Å². The highest BCUT2D eigenvalue weighted by molar-refractivity contribution is 14.1. The molecule has 3 rings (SSSR count). The summed E-state index contributed by atoms with van der Waals surface area (Å²) in [5, 5.41) is 5.28. The fourth-order valence-corrected chi connectivity index (χ4v) is 3.33. The molecular formula is C17H14ClIN2. The van der Waals surface area contributed by atoms with Gasteiger partial charge in [0.1, 0.15) is 0 Å². The molecular weight excluding hydrogens is 395 g/mol. The fourth-order valence-electron chi connectivity index (χ4n) is 2.50. The Labute approximate surface area is 142 Å². The molecule has 0 spiro atoms. The van der Waals surface area contributed by atoms with Crippen molar-refractivity contribution in [1.29, 1.82) is 0 Å². The minimum atomic E-state index is 0.0991. The molecule has 0 bridgehead atoms. The lowest BCUT2D eigenvalue weighted by Crippen LogP contribution is -2.18. The van der Waals surface area contributed by atoms with Crippen LogP contribution in [-0.2, 0) is 0 Å². The molecule has 2 aromatic carbocycles. The van der Waals surface area contributed by atoms with Gasteiger partial charge in [0.25, 0.3) is 0 Å². The van der Waals surface area contributed by atoms with E-state index in [4.69, 9.17) is 11.6 Å². The van der Waals surface area contributed by atoms with Crippen LogP contribution in [0.3, 0.4) is 0 Å². The van der Waals surface area contributed by atoms with Crippen LogP contribution in [0.4, 0.5) is 0 Å². The summed E-state index contributed by atoms with van der Waals surface area (Å²) in [6, 6.07) is 16.5. The summed E-state index contributed by atoms with van der Waals surface area (Å²) in [5.41, 5.74) is 3.37. The molecule has 21 heavy (non-hydrogen) atoms. The van der Waals surface area contributed by atoms with Crippen LogP contribution >= 0.6 is 34.2 Å². The van der Waals surface area contributed by atoms with Gasteiger partial charge in [0.2, 0.25) is 0 Å². The number of benzene rings is 2. The average molecular weight is 409 g/mol. The van der Waals surface area contributed by atoms with Gasteiger partial charge in [-0.05, 0) is 71.1 Å². The predicted molar refractivity (Wildman–Crippen MR) is 96.8 cm³/mol. The van der Waals surface area contributed by atoms with Crippen LogP contribution < -0.4 is 5.32 Å². The number of hydrogen-bond acceptors (Lipinski definition) is 2. The smallest absolute Gasteiger partial charge is 0.0705 e. The first-order valence-electron chi connectivity index (χ1n) is 6.66. The standard InChI is InChI=1S/C17H14ClIN2/c1-20-17(14-10-13(18)6-7-15(14)19)12-5-4-11-3-2-8-21-16(11)9-12/h2-10,17,20H,1H3. The van der Waals surface area contributed by atoms with E-state index in [2.05, 4.69) is 57.2 Å². The molecule has 0 saturated carbocycles. The lowest BCUT2D eigenvalue weighted by atomic mass is 9.97. The minimum absolute atomic E-state index is 0.0991. The molecule has 0 fully saturated rings. The molecule has 0 aliphatic carbocycles. The molecule has 0 radical (unpaired) electrons. The Hall–Kier alpha value is -1.17. The Kier molecular flexibility index (Phi) is 4.42. The third kappa shape index (κ3) is 3.05. The van der Waals surface area contributed by atoms with Gasteiger partial charge >= 0.3 is 0 Å². The van der Waals surface area contributed by atoms with Crippen molar-refractivity contribution in [3.63, 3.8) is 0 Å².